The largest absolute Gasteiger partial charge is 0.460 e. The van der Waals surface area contributed by atoms with E-state index in [1.54, 1.807) is 0 Å². The normalized spacial score (nSPS) is 22.7. The molecule has 2 fully saturated rings. The van der Waals surface area contributed by atoms with Crippen molar-refractivity contribution >= 4 is 34.1 Å². The van der Waals surface area contributed by atoms with Crippen molar-refractivity contribution in [3.8, 4) is 0 Å². The molecule has 0 radical (unpaired) electrons. The molecular weight excluding hydrogens is 496 g/mol. The van der Waals surface area contributed by atoms with E-state index in [0.29, 0.717) is 19.3 Å². The summed E-state index contributed by atoms with van der Waals surface area (Å²) in [6.07, 6.45) is 5.52. The highest BCUT2D eigenvalue weighted by molar-refractivity contribution is 7.10. The fourth-order valence-electron chi connectivity index (χ4n) is 6.05. The zero-order chi connectivity index (χ0) is 26.5. The Morgan fingerprint density at radius 2 is 1.82 bits per heavy atom. The molecule has 2 aliphatic rings. The lowest BCUT2D eigenvalue weighted by Gasteiger charge is -2.44. The van der Waals surface area contributed by atoms with Crippen molar-refractivity contribution in [2.75, 3.05) is 40.3 Å². The molecule has 0 spiro atoms. The molecule has 0 bridgehead atoms. The van der Waals surface area contributed by atoms with Gasteiger partial charge >= 0.3 is 0 Å². The van der Waals surface area contributed by atoms with E-state index in [0.717, 1.165) is 75.1 Å². The van der Waals surface area contributed by atoms with Gasteiger partial charge < -0.3 is 14.6 Å². The van der Waals surface area contributed by atoms with Gasteiger partial charge in [-0.15, -0.1) is 11.3 Å². The summed E-state index contributed by atoms with van der Waals surface area (Å²) >= 11 is 1.83. The van der Waals surface area contributed by atoms with Gasteiger partial charge in [-0.05, 0) is 69.8 Å². The smallest absolute Gasteiger partial charge is 0.222 e. The van der Waals surface area contributed by atoms with E-state index in [4.69, 9.17) is 4.42 Å². The van der Waals surface area contributed by atoms with Gasteiger partial charge in [-0.3, -0.25) is 19.4 Å². The van der Waals surface area contributed by atoms with Gasteiger partial charge in [0.2, 0.25) is 11.8 Å². The molecule has 7 nitrogen and oxygen atoms in total. The van der Waals surface area contributed by atoms with Crippen LogP contribution in [0.25, 0.3) is 11.0 Å². The molecular formula is C30H40N4O3S. The topological polar surface area (TPSA) is 69.0 Å². The van der Waals surface area contributed by atoms with Crippen LogP contribution in [0.3, 0.4) is 0 Å². The summed E-state index contributed by atoms with van der Waals surface area (Å²) in [5.41, 5.74) is 1.00. The second-order valence-electron chi connectivity index (χ2n) is 11.0. The number of hydrogen-bond donors (Lipinski definition) is 1. The molecule has 0 atom stereocenters. The Morgan fingerprint density at radius 3 is 2.50 bits per heavy atom. The molecule has 1 N–H and O–H groups in total. The van der Waals surface area contributed by atoms with E-state index in [9.17, 15) is 9.59 Å². The standard InChI is InChI=1S/C30H40N4O3S/c1-32(2)30(27-9-6-20-38-27)14-12-24(13-15-30)31-28(35)10-5-11-29(36)34-18-16-33(17-19-34)22-25-21-23-7-3-4-8-26(23)37-25/h3-4,6-9,20-21,24H,5,10-19,22H2,1-2H3,(H,31,35). The number of para-hydroxylation sites is 1. The Kier molecular flexibility index (Phi) is 8.51. The van der Waals surface area contributed by atoms with Crippen LogP contribution >= 0.6 is 11.3 Å². The highest BCUT2D eigenvalue weighted by Gasteiger charge is 2.39. The third kappa shape index (κ3) is 6.14. The van der Waals surface area contributed by atoms with Gasteiger partial charge in [-0.1, -0.05) is 24.3 Å². The number of nitrogens with zero attached hydrogens (tertiary/aromatic N) is 3. The highest BCUT2D eigenvalue weighted by Crippen LogP contribution is 2.43. The monoisotopic (exact) mass is 536 g/mol. The van der Waals surface area contributed by atoms with Crippen LogP contribution in [0, 0.1) is 0 Å². The summed E-state index contributed by atoms with van der Waals surface area (Å²) in [4.78, 5) is 33.4. The van der Waals surface area contributed by atoms with Crippen LogP contribution in [-0.4, -0.2) is 72.8 Å². The maximum atomic E-state index is 12.8. The van der Waals surface area contributed by atoms with E-state index in [2.05, 4.69) is 58.9 Å². The first kappa shape index (κ1) is 26.9. The number of hydrogen-bond acceptors (Lipinski definition) is 6. The third-order valence-electron chi connectivity index (χ3n) is 8.39. The molecule has 3 aromatic rings. The van der Waals surface area contributed by atoms with Crippen LogP contribution in [0.15, 0.2) is 52.3 Å². The van der Waals surface area contributed by atoms with Crippen LogP contribution < -0.4 is 5.32 Å². The molecule has 0 unspecified atom stereocenters. The Morgan fingerprint density at radius 1 is 1.05 bits per heavy atom. The van der Waals surface area contributed by atoms with E-state index >= 15 is 0 Å². The second kappa shape index (κ2) is 12.0. The van der Waals surface area contributed by atoms with Crippen LogP contribution in [0.5, 0.6) is 0 Å². The summed E-state index contributed by atoms with van der Waals surface area (Å²) in [5, 5.41) is 6.52. The van der Waals surface area contributed by atoms with Gasteiger partial charge in [0.05, 0.1) is 12.1 Å². The number of benzene rings is 1. The zero-order valence-corrected chi connectivity index (χ0v) is 23.5. The van der Waals surface area contributed by atoms with Crippen LogP contribution in [0.1, 0.15) is 55.6 Å². The van der Waals surface area contributed by atoms with Gasteiger partial charge in [-0.25, -0.2) is 0 Å². The summed E-state index contributed by atoms with van der Waals surface area (Å²) < 4.78 is 5.95. The summed E-state index contributed by atoms with van der Waals surface area (Å²) in [6, 6.07) is 14.8. The SMILES string of the molecule is CN(C)C1(c2cccs2)CCC(NC(=O)CCCC(=O)N2CCN(Cc3cc4ccccc4o3)CC2)CC1. The van der Waals surface area contributed by atoms with Crippen molar-refractivity contribution in [1.82, 2.24) is 20.0 Å². The van der Waals surface area contributed by atoms with Crippen LogP contribution in [0.4, 0.5) is 0 Å². The van der Waals surface area contributed by atoms with Gasteiger partial charge in [-0.2, -0.15) is 0 Å². The van der Waals surface area contributed by atoms with Crippen molar-refractivity contribution in [2.24, 2.45) is 0 Å². The van der Waals surface area contributed by atoms with Crippen molar-refractivity contribution in [1.29, 1.82) is 0 Å². The van der Waals surface area contributed by atoms with Gasteiger partial charge in [0.1, 0.15) is 11.3 Å². The molecule has 2 aromatic heterocycles. The Labute approximate surface area is 229 Å². The van der Waals surface area contributed by atoms with Crippen LogP contribution in [-0.2, 0) is 21.7 Å². The van der Waals surface area contributed by atoms with E-state index in [-0.39, 0.29) is 23.4 Å². The highest BCUT2D eigenvalue weighted by atomic mass is 32.1. The lowest BCUT2D eigenvalue weighted by Crippen LogP contribution is -2.48. The number of amides is 2. The molecule has 5 rings (SSSR count). The van der Waals surface area contributed by atoms with Crippen molar-refractivity contribution in [3.05, 3.63) is 58.5 Å². The van der Waals surface area contributed by atoms with Crippen molar-refractivity contribution < 1.29 is 14.0 Å². The van der Waals surface area contributed by atoms with Gasteiger partial charge in [0, 0.05) is 55.3 Å². The first-order valence-electron chi connectivity index (χ1n) is 13.9. The quantitative estimate of drug-likeness (QED) is 0.425. The Balaban J connectivity index is 0.989. The fraction of sp³-hybridized carbons (Fsp3) is 0.533. The Bertz CT molecular complexity index is 1170. The number of carbonyl (C=O) groups is 2. The molecule has 1 saturated heterocycles. The predicted molar refractivity (Wildman–Crippen MR) is 152 cm³/mol. The van der Waals surface area contributed by atoms with Gasteiger partial charge in [0.15, 0.2) is 0 Å². The number of fused-ring (bicyclic) bond motifs is 1. The van der Waals surface area contributed by atoms with Crippen molar-refractivity contribution in [2.45, 2.75) is 63.1 Å². The second-order valence-corrected chi connectivity index (χ2v) is 12.0. The molecule has 1 saturated carbocycles. The lowest BCUT2D eigenvalue weighted by molar-refractivity contribution is -0.133. The lowest BCUT2D eigenvalue weighted by atomic mass is 9.77. The number of piperazine rings is 1. The van der Waals surface area contributed by atoms with E-state index in [1.807, 2.05) is 34.4 Å². The average molecular weight is 537 g/mol. The Hall–Kier alpha value is -2.68. The molecule has 1 aliphatic heterocycles. The third-order valence-corrected chi connectivity index (χ3v) is 9.45. The summed E-state index contributed by atoms with van der Waals surface area (Å²) in [5.74, 6) is 1.20. The molecule has 1 aliphatic carbocycles. The minimum Gasteiger partial charge on any atom is -0.460 e. The first-order valence-corrected chi connectivity index (χ1v) is 14.8. The summed E-state index contributed by atoms with van der Waals surface area (Å²) in [7, 11) is 4.33. The maximum Gasteiger partial charge on any atom is 0.222 e. The molecule has 2 amide bonds. The molecule has 3 heterocycles. The van der Waals surface area contributed by atoms with E-state index in [1.165, 1.54) is 4.88 Å². The van der Waals surface area contributed by atoms with Crippen molar-refractivity contribution in [3.63, 3.8) is 0 Å². The van der Waals surface area contributed by atoms with E-state index < -0.39 is 0 Å². The number of carbonyl (C=O) groups excluding carboxylic acids is 2. The minimum atomic E-state index is 0.0759. The molecule has 38 heavy (non-hydrogen) atoms. The maximum absolute atomic E-state index is 12.8. The minimum absolute atomic E-state index is 0.0759. The first-order chi connectivity index (χ1) is 18.4. The number of rotatable bonds is 9. The number of furan rings is 1. The average Bonchev–Trinajstić information content (AvgIpc) is 3.60. The zero-order valence-electron chi connectivity index (χ0n) is 22.7. The predicted octanol–water partition coefficient (Wildman–Crippen LogP) is 4.82. The van der Waals surface area contributed by atoms with Crippen LogP contribution in [0.2, 0.25) is 0 Å². The number of nitrogens with one attached hydrogen (secondary N) is 1. The van der Waals surface area contributed by atoms with Gasteiger partial charge in [0.25, 0.3) is 0 Å². The molecule has 8 heteroatoms. The number of thiophene rings is 1. The molecule has 1 aromatic carbocycles. The fourth-order valence-corrected chi connectivity index (χ4v) is 7.11. The molecule has 204 valence electrons. The summed E-state index contributed by atoms with van der Waals surface area (Å²) in [6.45, 7) is 3.90.